The van der Waals surface area contributed by atoms with Gasteiger partial charge in [-0.1, -0.05) is 29.8 Å². The Morgan fingerprint density at radius 2 is 2.00 bits per heavy atom. The number of rotatable bonds is 7. The molecule has 0 bridgehead atoms. The number of sulfonamides is 1. The first-order chi connectivity index (χ1) is 11.9. The standard InChI is InChI=1S/C18H22N4O2S/c1-14-5-3-6-16(9-14)13-25(23,24)20-8-4-7-17-11-19-18-10-15(2)21-22(18)12-17/h3,5-6,9-12,20H,4,7-8,13H2,1-2H3. The average molecular weight is 358 g/mol. The summed E-state index contributed by atoms with van der Waals surface area (Å²) < 4.78 is 28.7. The molecular weight excluding hydrogens is 336 g/mol. The van der Waals surface area contributed by atoms with Gasteiger partial charge in [0, 0.05) is 25.0 Å². The molecule has 0 spiro atoms. The van der Waals surface area contributed by atoms with Gasteiger partial charge < -0.3 is 0 Å². The minimum absolute atomic E-state index is 0.00869. The van der Waals surface area contributed by atoms with Gasteiger partial charge in [0.2, 0.25) is 10.0 Å². The van der Waals surface area contributed by atoms with Crippen LogP contribution in [0.15, 0.2) is 42.7 Å². The molecule has 0 aliphatic heterocycles. The quantitative estimate of drug-likeness (QED) is 0.658. The minimum atomic E-state index is -3.32. The highest BCUT2D eigenvalue weighted by Crippen LogP contribution is 2.09. The Hall–Kier alpha value is -2.25. The molecule has 0 atom stereocenters. The number of hydrogen-bond acceptors (Lipinski definition) is 4. The highest BCUT2D eigenvalue weighted by molar-refractivity contribution is 7.88. The lowest BCUT2D eigenvalue weighted by Crippen LogP contribution is -2.26. The molecule has 1 aromatic carbocycles. The lowest BCUT2D eigenvalue weighted by molar-refractivity contribution is 0.578. The maximum Gasteiger partial charge on any atom is 0.215 e. The number of aromatic nitrogens is 3. The highest BCUT2D eigenvalue weighted by Gasteiger charge is 2.11. The summed E-state index contributed by atoms with van der Waals surface area (Å²) in [7, 11) is -3.32. The van der Waals surface area contributed by atoms with Crippen molar-refractivity contribution in [3.8, 4) is 0 Å². The molecule has 132 valence electrons. The van der Waals surface area contributed by atoms with E-state index in [1.54, 1.807) is 4.52 Å². The third kappa shape index (κ3) is 4.87. The summed E-state index contributed by atoms with van der Waals surface area (Å²) in [4.78, 5) is 4.36. The van der Waals surface area contributed by atoms with Crippen molar-refractivity contribution in [3.05, 3.63) is 65.1 Å². The first kappa shape index (κ1) is 17.6. The van der Waals surface area contributed by atoms with E-state index in [4.69, 9.17) is 0 Å². The van der Waals surface area contributed by atoms with Crippen LogP contribution >= 0.6 is 0 Å². The van der Waals surface area contributed by atoms with Crippen molar-refractivity contribution in [1.82, 2.24) is 19.3 Å². The first-order valence-electron chi connectivity index (χ1n) is 8.25. The molecule has 0 unspecified atom stereocenters. The van der Waals surface area contributed by atoms with E-state index < -0.39 is 10.0 Å². The van der Waals surface area contributed by atoms with Crippen LogP contribution in [-0.4, -0.2) is 29.6 Å². The maximum atomic E-state index is 12.2. The van der Waals surface area contributed by atoms with Crippen LogP contribution in [0, 0.1) is 13.8 Å². The van der Waals surface area contributed by atoms with Gasteiger partial charge in [0.15, 0.2) is 5.65 Å². The SMILES string of the molecule is Cc1cccc(CS(=O)(=O)NCCCc2cnc3cc(C)nn3c2)c1. The maximum absolute atomic E-state index is 12.2. The van der Waals surface area contributed by atoms with Crippen LogP contribution in [0.1, 0.15) is 28.8 Å². The fourth-order valence-corrected chi connectivity index (χ4v) is 3.93. The van der Waals surface area contributed by atoms with Crippen molar-refractivity contribution in [2.75, 3.05) is 6.54 Å². The van der Waals surface area contributed by atoms with E-state index in [1.165, 1.54) is 0 Å². The molecule has 25 heavy (non-hydrogen) atoms. The number of benzene rings is 1. The predicted molar refractivity (Wildman–Crippen MR) is 97.9 cm³/mol. The molecule has 0 fully saturated rings. The van der Waals surface area contributed by atoms with E-state index in [-0.39, 0.29) is 5.75 Å². The molecule has 0 aliphatic rings. The Morgan fingerprint density at radius 1 is 1.16 bits per heavy atom. The van der Waals surface area contributed by atoms with Gasteiger partial charge in [0.05, 0.1) is 11.4 Å². The number of hydrogen-bond donors (Lipinski definition) is 1. The number of fused-ring (bicyclic) bond motifs is 1. The van der Waals surface area contributed by atoms with E-state index >= 15 is 0 Å². The zero-order valence-electron chi connectivity index (χ0n) is 14.4. The summed E-state index contributed by atoms with van der Waals surface area (Å²) >= 11 is 0. The molecule has 0 saturated heterocycles. The van der Waals surface area contributed by atoms with E-state index in [9.17, 15) is 8.42 Å². The normalized spacial score (nSPS) is 11.9. The summed E-state index contributed by atoms with van der Waals surface area (Å²) in [6, 6.07) is 9.48. The van der Waals surface area contributed by atoms with Gasteiger partial charge in [0.1, 0.15) is 0 Å². The van der Waals surface area contributed by atoms with Crippen LogP contribution in [0.25, 0.3) is 5.65 Å². The number of aryl methyl sites for hydroxylation is 3. The van der Waals surface area contributed by atoms with Gasteiger partial charge >= 0.3 is 0 Å². The molecule has 1 N–H and O–H groups in total. The summed E-state index contributed by atoms with van der Waals surface area (Å²) in [5.41, 5.74) is 4.64. The van der Waals surface area contributed by atoms with Crippen LogP contribution in [0.5, 0.6) is 0 Å². The first-order valence-corrected chi connectivity index (χ1v) is 9.90. The van der Waals surface area contributed by atoms with Gasteiger partial charge in [0.25, 0.3) is 0 Å². The molecule has 7 heteroatoms. The third-order valence-corrected chi connectivity index (χ3v) is 5.25. The van der Waals surface area contributed by atoms with Gasteiger partial charge in [-0.3, -0.25) is 0 Å². The summed E-state index contributed by atoms with van der Waals surface area (Å²) in [5.74, 6) is 0.00869. The van der Waals surface area contributed by atoms with Gasteiger partial charge in [-0.2, -0.15) is 5.10 Å². The zero-order chi connectivity index (χ0) is 17.9. The molecule has 0 aliphatic carbocycles. The Morgan fingerprint density at radius 3 is 2.80 bits per heavy atom. The van der Waals surface area contributed by atoms with E-state index in [1.807, 2.05) is 56.6 Å². The second-order valence-electron chi connectivity index (χ2n) is 6.30. The highest BCUT2D eigenvalue weighted by atomic mass is 32.2. The lowest BCUT2D eigenvalue weighted by Gasteiger charge is -2.07. The Balaban J connectivity index is 1.51. The fourth-order valence-electron chi connectivity index (χ4n) is 2.76. The molecule has 0 saturated carbocycles. The molecule has 6 nitrogen and oxygen atoms in total. The van der Waals surface area contributed by atoms with Crippen molar-refractivity contribution >= 4 is 15.7 Å². The summed E-state index contributed by atoms with van der Waals surface area (Å²) in [5, 5.41) is 4.34. The van der Waals surface area contributed by atoms with Gasteiger partial charge in [-0.25, -0.2) is 22.6 Å². The second-order valence-corrected chi connectivity index (χ2v) is 8.10. The van der Waals surface area contributed by atoms with E-state index in [0.717, 1.165) is 34.5 Å². The van der Waals surface area contributed by atoms with Crippen molar-refractivity contribution in [2.45, 2.75) is 32.4 Å². The monoisotopic (exact) mass is 358 g/mol. The number of nitrogens with zero attached hydrogens (tertiary/aromatic N) is 3. The van der Waals surface area contributed by atoms with Gasteiger partial charge in [-0.05, 0) is 37.8 Å². The average Bonchev–Trinajstić information content (AvgIpc) is 2.90. The van der Waals surface area contributed by atoms with Crippen LogP contribution in [-0.2, 0) is 22.2 Å². The second kappa shape index (κ2) is 7.33. The molecule has 3 aromatic rings. The predicted octanol–water partition coefficient (Wildman–Crippen LogP) is 2.40. The minimum Gasteiger partial charge on any atom is -0.237 e. The Bertz CT molecular complexity index is 980. The largest absolute Gasteiger partial charge is 0.237 e. The molecule has 2 heterocycles. The summed E-state index contributed by atoms with van der Waals surface area (Å²) in [6.07, 6.45) is 5.21. The molecular formula is C18H22N4O2S. The zero-order valence-corrected chi connectivity index (χ0v) is 15.3. The summed E-state index contributed by atoms with van der Waals surface area (Å²) in [6.45, 7) is 4.29. The number of nitrogens with one attached hydrogen (secondary N) is 1. The van der Waals surface area contributed by atoms with Crippen molar-refractivity contribution in [3.63, 3.8) is 0 Å². The fraction of sp³-hybridized carbons (Fsp3) is 0.333. The molecule has 0 radical (unpaired) electrons. The van der Waals surface area contributed by atoms with Crippen molar-refractivity contribution in [2.24, 2.45) is 0 Å². The van der Waals surface area contributed by atoms with Crippen molar-refractivity contribution in [1.29, 1.82) is 0 Å². The smallest absolute Gasteiger partial charge is 0.215 e. The van der Waals surface area contributed by atoms with Crippen LogP contribution in [0.3, 0.4) is 0 Å². The van der Waals surface area contributed by atoms with E-state index in [0.29, 0.717) is 13.0 Å². The lowest BCUT2D eigenvalue weighted by atomic mass is 10.2. The van der Waals surface area contributed by atoms with Crippen LogP contribution in [0.2, 0.25) is 0 Å². The Kier molecular flexibility index (Phi) is 5.15. The van der Waals surface area contributed by atoms with Crippen LogP contribution < -0.4 is 4.72 Å². The van der Waals surface area contributed by atoms with E-state index in [2.05, 4.69) is 14.8 Å². The molecule has 2 aromatic heterocycles. The Labute approximate surface area is 148 Å². The van der Waals surface area contributed by atoms with Crippen LogP contribution in [0.4, 0.5) is 0 Å². The third-order valence-electron chi connectivity index (χ3n) is 3.89. The van der Waals surface area contributed by atoms with Gasteiger partial charge in [-0.15, -0.1) is 0 Å². The molecule has 3 rings (SSSR count). The topological polar surface area (TPSA) is 76.4 Å². The molecule has 0 amide bonds. The van der Waals surface area contributed by atoms with Crippen molar-refractivity contribution < 1.29 is 8.42 Å².